The molecule has 3 rings (SSSR count). The number of urea groups is 1. The van der Waals surface area contributed by atoms with Crippen LogP contribution in [0.25, 0.3) is 0 Å². The van der Waals surface area contributed by atoms with E-state index in [2.05, 4.69) is 21.2 Å². The number of nitrogens with one attached hydrogen (secondary N) is 1. The van der Waals surface area contributed by atoms with Gasteiger partial charge in [-0.1, -0.05) is 46.3 Å². The van der Waals surface area contributed by atoms with Crippen molar-refractivity contribution in [1.82, 2.24) is 15.1 Å². The Hall–Kier alpha value is -2.54. The Labute approximate surface area is 173 Å². The van der Waals surface area contributed by atoms with Crippen LogP contribution in [-0.2, 0) is 6.61 Å². The van der Waals surface area contributed by atoms with Gasteiger partial charge >= 0.3 is 6.03 Å². The molecule has 28 heavy (non-hydrogen) atoms. The topological polar surface area (TPSA) is 61.9 Å². The average molecular weight is 446 g/mol. The second-order valence-corrected chi connectivity index (χ2v) is 7.35. The summed E-state index contributed by atoms with van der Waals surface area (Å²) in [7, 11) is 0. The number of nitrogens with zero attached hydrogens (tertiary/aromatic N) is 2. The Bertz CT molecular complexity index is 835. The summed E-state index contributed by atoms with van der Waals surface area (Å²) >= 11 is 3.52. The predicted molar refractivity (Wildman–Crippen MR) is 111 cm³/mol. The first-order valence-electron chi connectivity index (χ1n) is 9.37. The van der Waals surface area contributed by atoms with Gasteiger partial charge < -0.3 is 19.9 Å². The first-order chi connectivity index (χ1) is 13.6. The summed E-state index contributed by atoms with van der Waals surface area (Å²) in [5, 5.41) is 2.80. The lowest BCUT2D eigenvalue weighted by molar-refractivity contribution is 0.0660. The largest absolute Gasteiger partial charge is 0.488 e. The van der Waals surface area contributed by atoms with Crippen LogP contribution in [0.2, 0.25) is 0 Å². The van der Waals surface area contributed by atoms with Crippen LogP contribution in [0.5, 0.6) is 5.75 Å². The molecular formula is C21H24BrN3O3. The summed E-state index contributed by atoms with van der Waals surface area (Å²) < 4.78 is 6.93. The Morgan fingerprint density at radius 2 is 1.64 bits per heavy atom. The Morgan fingerprint density at radius 1 is 1.00 bits per heavy atom. The van der Waals surface area contributed by atoms with E-state index in [1.54, 1.807) is 15.9 Å². The van der Waals surface area contributed by atoms with Crippen LogP contribution in [0.3, 0.4) is 0 Å². The van der Waals surface area contributed by atoms with E-state index in [4.69, 9.17) is 4.74 Å². The SMILES string of the molecule is CCNC(=O)N1CCN(C(=O)c2ccccc2OCc2ccccc2Br)CC1. The molecule has 1 aliphatic rings. The van der Waals surface area contributed by atoms with Crippen molar-refractivity contribution in [2.75, 3.05) is 32.7 Å². The lowest BCUT2D eigenvalue weighted by atomic mass is 10.1. The molecule has 3 amide bonds. The minimum Gasteiger partial charge on any atom is -0.488 e. The fourth-order valence-electron chi connectivity index (χ4n) is 3.09. The lowest BCUT2D eigenvalue weighted by Gasteiger charge is -2.34. The highest BCUT2D eigenvalue weighted by molar-refractivity contribution is 9.10. The summed E-state index contributed by atoms with van der Waals surface area (Å²) in [6, 6.07) is 15.1. The molecule has 0 saturated carbocycles. The third kappa shape index (κ3) is 4.84. The van der Waals surface area contributed by atoms with Crippen molar-refractivity contribution in [3.63, 3.8) is 0 Å². The Kier molecular flexibility index (Phi) is 6.92. The summed E-state index contributed by atoms with van der Waals surface area (Å²) in [4.78, 5) is 28.5. The number of ether oxygens (including phenoxy) is 1. The molecule has 2 aromatic carbocycles. The number of piperazine rings is 1. The van der Waals surface area contributed by atoms with Gasteiger partial charge in [-0.05, 0) is 25.1 Å². The number of hydrogen-bond donors (Lipinski definition) is 1. The number of halogens is 1. The van der Waals surface area contributed by atoms with E-state index < -0.39 is 0 Å². The van der Waals surface area contributed by atoms with Gasteiger partial charge in [-0.15, -0.1) is 0 Å². The van der Waals surface area contributed by atoms with E-state index >= 15 is 0 Å². The molecule has 2 aromatic rings. The average Bonchev–Trinajstić information content (AvgIpc) is 2.73. The van der Waals surface area contributed by atoms with Crippen molar-refractivity contribution in [2.45, 2.75) is 13.5 Å². The standard InChI is InChI=1S/C21H24BrN3O3/c1-2-23-21(27)25-13-11-24(12-14-25)20(26)17-8-4-6-10-19(17)28-15-16-7-3-5-9-18(16)22/h3-10H,2,11-15H2,1H3,(H,23,27). The van der Waals surface area contributed by atoms with E-state index in [1.807, 2.05) is 49.4 Å². The normalized spacial score (nSPS) is 13.9. The number of carbonyl (C=O) groups excluding carboxylic acids is 2. The number of carbonyl (C=O) groups is 2. The van der Waals surface area contributed by atoms with Crippen molar-refractivity contribution in [3.8, 4) is 5.75 Å². The molecule has 0 atom stereocenters. The van der Waals surface area contributed by atoms with Crippen LogP contribution < -0.4 is 10.1 Å². The minimum atomic E-state index is -0.0771. The van der Waals surface area contributed by atoms with Gasteiger partial charge in [-0.2, -0.15) is 0 Å². The number of hydrogen-bond acceptors (Lipinski definition) is 3. The highest BCUT2D eigenvalue weighted by Gasteiger charge is 2.26. The molecule has 1 fully saturated rings. The Balaban J connectivity index is 1.65. The zero-order chi connectivity index (χ0) is 19.9. The molecule has 0 spiro atoms. The third-order valence-corrected chi connectivity index (χ3v) is 5.41. The molecule has 6 nitrogen and oxygen atoms in total. The highest BCUT2D eigenvalue weighted by Crippen LogP contribution is 2.24. The number of amides is 3. The van der Waals surface area contributed by atoms with Gasteiger partial charge in [0.15, 0.2) is 0 Å². The fraction of sp³-hybridized carbons (Fsp3) is 0.333. The molecule has 0 aliphatic carbocycles. The summed E-state index contributed by atoms with van der Waals surface area (Å²) in [6.45, 7) is 4.93. The number of para-hydroxylation sites is 1. The van der Waals surface area contributed by atoms with Crippen molar-refractivity contribution in [2.24, 2.45) is 0 Å². The van der Waals surface area contributed by atoms with Crippen molar-refractivity contribution in [3.05, 3.63) is 64.1 Å². The van der Waals surface area contributed by atoms with E-state index in [-0.39, 0.29) is 11.9 Å². The molecule has 0 aromatic heterocycles. The van der Waals surface area contributed by atoms with E-state index in [0.717, 1.165) is 10.0 Å². The van der Waals surface area contributed by atoms with Crippen molar-refractivity contribution >= 4 is 27.9 Å². The maximum absolute atomic E-state index is 13.0. The summed E-state index contributed by atoms with van der Waals surface area (Å²) in [6.07, 6.45) is 0. The molecule has 1 heterocycles. The maximum atomic E-state index is 13.0. The smallest absolute Gasteiger partial charge is 0.317 e. The van der Waals surface area contributed by atoms with Crippen LogP contribution in [-0.4, -0.2) is 54.5 Å². The van der Waals surface area contributed by atoms with Gasteiger partial charge in [0.05, 0.1) is 5.56 Å². The maximum Gasteiger partial charge on any atom is 0.317 e. The molecule has 0 unspecified atom stereocenters. The molecule has 1 saturated heterocycles. The molecule has 0 radical (unpaired) electrons. The van der Waals surface area contributed by atoms with Crippen LogP contribution in [0, 0.1) is 0 Å². The monoisotopic (exact) mass is 445 g/mol. The second kappa shape index (κ2) is 9.59. The third-order valence-electron chi connectivity index (χ3n) is 4.64. The van der Waals surface area contributed by atoms with Gasteiger partial charge in [0, 0.05) is 42.8 Å². The molecule has 1 aliphatic heterocycles. The van der Waals surface area contributed by atoms with Crippen molar-refractivity contribution < 1.29 is 14.3 Å². The summed E-state index contributed by atoms with van der Waals surface area (Å²) in [5.41, 5.74) is 1.56. The highest BCUT2D eigenvalue weighted by atomic mass is 79.9. The van der Waals surface area contributed by atoms with Gasteiger partial charge in [-0.25, -0.2) is 4.79 Å². The van der Waals surface area contributed by atoms with Crippen LogP contribution in [0.4, 0.5) is 4.79 Å². The van der Waals surface area contributed by atoms with Gasteiger partial charge in [0.25, 0.3) is 5.91 Å². The Morgan fingerprint density at radius 3 is 2.36 bits per heavy atom. The van der Waals surface area contributed by atoms with Crippen molar-refractivity contribution in [1.29, 1.82) is 0 Å². The first-order valence-corrected chi connectivity index (χ1v) is 10.2. The van der Waals surface area contributed by atoms with Crippen LogP contribution in [0.1, 0.15) is 22.8 Å². The van der Waals surface area contributed by atoms with Crippen LogP contribution in [0.15, 0.2) is 53.0 Å². The molecule has 148 valence electrons. The first kappa shape index (κ1) is 20.2. The molecule has 1 N–H and O–H groups in total. The fourth-order valence-corrected chi connectivity index (χ4v) is 3.49. The zero-order valence-corrected chi connectivity index (χ0v) is 17.4. The number of rotatable bonds is 5. The number of benzene rings is 2. The molecular weight excluding hydrogens is 422 g/mol. The summed E-state index contributed by atoms with van der Waals surface area (Å²) in [5.74, 6) is 0.493. The molecule has 0 bridgehead atoms. The lowest BCUT2D eigenvalue weighted by Crippen LogP contribution is -2.53. The predicted octanol–water partition coefficient (Wildman–Crippen LogP) is 3.52. The van der Waals surface area contributed by atoms with E-state index in [9.17, 15) is 9.59 Å². The van der Waals surface area contributed by atoms with Gasteiger partial charge in [0.2, 0.25) is 0 Å². The van der Waals surface area contributed by atoms with Crippen LogP contribution >= 0.6 is 15.9 Å². The second-order valence-electron chi connectivity index (χ2n) is 6.49. The van der Waals surface area contributed by atoms with Gasteiger partial charge in [-0.3, -0.25) is 4.79 Å². The zero-order valence-electron chi connectivity index (χ0n) is 15.9. The quantitative estimate of drug-likeness (QED) is 0.765. The van der Waals surface area contributed by atoms with E-state index in [0.29, 0.717) is 50.6 Å². The molecule has 7 heteroatoms. The minimum absolute atomic E-state index is 0.0710. The van der Waals surface area contributed by atoms with Gasteiger partial charge in [0.1, 0.15) is 12.4 Å². The van der Waals surface area contributed by atoms with E-state index in [1.165, 1.54) is 0 Å².